The van der Waals surface area contributed by atoms with Crippen molar-refractivity contribution in [3.8, 4) is 0 Å². The van der Waals surface area contributed by atoms with Gasteiger partial charge in [0.05, 0.1) is 0 Å². The normalized spacial score (nSPS) is 22.4. The number of rotatable bonds is 1. The number of halogens is 1. The van der Waals surface area contributed by atoms with Crippen LogP contribution in [-0.4, -0.2) is 25.7 Å². The Kier molecular flexibility index (Phi) is 2.94. The van der Waals surface area contributed by atoms with Crippen molar-refractivity contribution in [2.24, 2.45) is 0 Å². The smallest absolute Gasteiger partial charge is 0.0426 e. The lowest BCUT2D eigenvalue weighted by Gasteiger charge is -2.33. The number of hydrogen-bond acceptors (Lipinski definition) is 2. The number of piperazine rings is 1. The number of nitrogens with zero attached hydrogens (tertiary/aromatic N) is 1. The van der Waals surface area contributed by atoms with Gasteiger partial charge in [0.2, 0.25) is 0 Å². The summed E-state index contributed by atoms with van der Waals surface area (Å²) in [5.41, 5.74) is 1.23. The Morgan fingerprint density at radius 3 is 3.07 bits per heavy atom. The highest BCUT2D eigenvalue weighted by Crippen LogP contribution is 2.20. The molecule has 0 saturated carbocycles. The molecular weight excluding hydrogens is 196 g/mol. The Morgan fingerprint density at radius 2 is 2.36 bits per heavy atom. The van der Waals surface area contributed by atoms with E-state index in [0.717, 1.165) is 24.7 Å². The minimum atomic E-state index is 0.558. The zero-order valence-electron chi connectivity index (χ0n) is 8.33. The van der Waals surface area contributed by atoms with Crippen LogP contribution in [0.4, 0.5) is 5.69 Å². The zero-order chi connectivity index (χ0) is 9.97. The molecule has 14 heavy (non-hydrogen) atoms. The standard InChI is InChI=1S/C11H15ClN2/c1-9-8-14(6-5-13-9)11-4-2-3-10(12)7-11/h2-4,7,9,13H,5-6,8H2,1H3. The summed E-state index contributed by atoms with van der Waals surface area (Å²) in [7, 11) is 0. The number of hydrogen-bond donors (Lipinski definition) is 1. The quantitative estimate of drug-likeness (QED) is 0.764. The van der Waals surface area contributed by atoms with Gasteiger partial charge in [-0.1, -0.05) is 17.7 Å². The molecule has 0 amide bonds. The van der Waals surface area contributed by atoms with Crippen LogP contribution in [0.2, 0.25) is 5.02 Å². The summed E-state index contributed by atoms with van der Waals surface area (Å²) >= 11 is 5.96. The van der Waals surface area contributed by atoms with Crippen LogP contribution in [0.5, 0.6) is 0 Å². The van der Waals surface area contributed by atoms with Crippen LogP contribution in [0.15, 0.2) is 24.3 Å². The number of benzene rings is 1. The molecule has 1 aliphatic heterocycles. The maximum atomic E-state index is 5.96. The van der Waals surface area contributed by atoms with Gasteiger partial charge in [-0.15, -0.1) is 0 Å². The predicted molar refractivity (Wildman–Crippen MR) is 61.1 cm³/mol. The fourth-order valence-corrected chi connectivity index (χ4v) is 2.02. The molecule has 0 radical (unpaired) electrons. The molecule has 1 saturated heterocycles. The van der Waals surface area contributed by atoms with Crippen LogP contribution in [0, 0.1) is 0 Å². The van der Waals surface area contributed by atoms with Gasteiger partial charge in [-0.3, -0.25) is 0 Å². The highest BCUT2D eigenvalue weighted by atomic mass is 35.5. The van der Waals surface area contributed by atoms with Crippen LogP contribution < -0.4 is 10.2 Å². The fourth-order valence-electron chi connectivity index (χ4n) is 1.84. The van der Waals surface area contributed by atoms with Crippen molar-refractivity contribution in [3.05, 3.63) is 29.3 Å². The summed E-state index contributed by atoms with van der Waals surface area (Å²) in [6.45, 7) is 5.37. The minimum absolute atomic E-state index is 0.558. The van der Waals surface area contributed by atoms with Crippen molar-refractivity contribution in [3.63, 3.8) is 0 Å². The van der Waals surface area contributed by atoms with Gasteiger partial charge in [-0.2, -0.15) is 0 Å². The lowest BCUT2D eigenvalue weighted by molar-refractivity contribution is 0.485. The maximum absolute atomic E-state index is 5.96. The van der Waals surface area contributed by atoms with E-state index in [1.165, 1.54) is 5.69 Å². The van der Waals surface area contributed by atoms with E-state index in [4.69, 9.17) is 11.6 Å². The van der Waals surface area contributed by atoms with Gasteiger partial charge < -0.3 is 10.2 Å². The summed E-state index contributed by atoms with van der Waals surface area (Å²) in [6, 6.07) is 8.62. The summed E-state index contributed by atoms with van der Waals surface area (Å²) in [5.74, 6) is 0. The first kappa shape index (κ1) is 9.81. The SMILES string of the molecule is CC1CN(c2cccc(Cl)c2)CCN1. The second-order valence-corrected chi connectivity index (χ2v) is 4.22. The third kappa shape index (κ3) is 2.20. The second-order valence-electron chi connectivity index (χ2n) is 3.78. The molecule has 2 rings (SSSR count). The largest absolute Gasteiger partial charge is 0.369 e. The van der Waals surface area contributed by atoms with E-state index in [0.29, 0.717) is 6.04 Å². The maximum Gasteiger partial charge on any atom is 0.0426 e. The Balaban J connectivity index is 2.14. The van der Waals surface area contributed by atoms with Gasteiger partial charge in [0.25, 0.3) is 0 Å². The van der Waals surface area contributed by atoms with E-state index >= 15 is 0 Å². The number of nitrogens with one attached hydrogen (secondary N) is 1. The Labute approximate surface area is 89.9 Å². The highest BCUT2D eigenvalue weighted by molar-refractivity contribution is 6.30. The van der Waals surface area contributed by atoms with Crippen LogP contribution in [0.1, 0.15) is 6.92 Å². The zero-order valence-corrected chi connectivity index (χ0v) is 9.09. The molecule has 3 heteroatoms. The Bertz CT molecular complexity index is 314. The molecule has 1 aromatic carbocycles. The van der Waals surface area contributed by atoms with Gasteiger partial charge >= 0.3 is 0 Å². The Morgan fingerprint density at radius 1 is 1.50 bits per heavy atom. The molecule has 1 unspecified atom stereocenters. The lowest BCUT2D eigenvalue weighted by Crippen LogP contribution is -2.49. The van der Waals surface area contributed by atoms with Crippen molar-refractivity contribution in [1.29, 1.82) is 0 Å². The lowest BCUT2D eigenvalue weighted by atomic mass is 10.2. The summed E-state index contributed by atoms with van der Waals surface area (Å²) in [6.07, 6.45) is 0. The molecule has 0 bridgehead atoms. The first-order valence-corrected chi connectivity index (χ1v) is 5.37. The van der Waals surface area contributed by atoms with E-state index in [-0.39, 0.29) is 0 Å². The topological polar surface area (TPSA) is 15.3 Å². The average Bonchev–Trinajstić information content (AvgIpc) is 2.18. The third-order valence-corrected chi connectivity index (χ3v) is 2.78. The average molecular weight is 211 g/mol. The van der Waals surface area contributed by atoms with Crippen molar-refractivity contribution in [2.45, 2.75) is 13.0 Å². The Hall–Kier alpha value is -0.730. The van der Waals surface area contributed by atoms with Gasteiger partial charge in [0.15, 0.2) is 0 Å². The van der Waals surface area contributed by atoms with Crippen molar-refractivity contribution >= 4 is 17.3 Å². The second kappa shape index (κ2) is 4.20. The van der Waals surface area contributed by atoms with Crippen LogP contribution in [0.25, 0.3) is 0 Å². The predicted octanol–water partition coefficient (Wildman–Crippen LogP) is 2.14. The van der Waals surface area contributed by atoms with Gasteiger partial charge in [-0.05, 0) is 25.1 Å². The van der Waals surface area contributed by atoms with E-state index in [1.807, 2.05) is 18.2 Å². The molecule has 0 aromatic heterocycles. The highest BCUT2D eigenvalue weighted by Gasteiger charge is 2.15. The third-order valence-electron chi connectivity index (χ3n) is 2.54. The fraction of sp³-hybridized carbons (Fsp3) is 0.455. The van der Waals surface area contributed by atoms with Gasteiger partial charge in [-0.25, -0.2) is 0 Å². The summed E-state index contributed by atoms with van der Waals surface area (Å²) in [5, 5.41) is 4.24. The van der Waals surface area contributed by atoms with E-state index in [1.54, 1.807) is 0 Å². The first-order valence-electron chi connectivity index (χ1n) is 4.99. The molecule has 1 fully saturated rings. The molecule has 76 valence electrons. The molecule has 0 spiro atoms. The molecule has 1 aliphatic rings. The van der Waals surface area contributed by atoms with Gasteiger partial charge in [0.1, 0.15) is 0 Å². The van der Waals surface area contributed by atoms with Crippen molar-refractivity contribution < 1.29 is 0 Å². The molecule has 1 N–H and O–H groups in total. The molecule has 1 atom stereocenters. The monoisotopic (exact) mass is 210 g/mol. The molecule has 1 heterocycles. The van der Waals surface area contributed by atoms with E-state index in [9.17, 15) is 0 Å². The molecule has 0 aliphatic carbocycles. The van der Waals surface area contributed by atoms with Crippen LogP contribution in [-0.2, 0) is 0 Å². The molecule has 1 aromatic rings. The van der Waals surface area contributed by atoms with Crippen LogP contribution in [0.3, 0.4) is 0 Å². The van der Waals surface area contributed by atoms with E-state index in [2.05, 4.69) is 23.2 Å². The van der Waals surface area contributed by atoms with Crippen molar-refractivity contribution in [1.82, 2.24) is 5.32 Å². The minimum Gasteiger partial charge on any atom is -0.369 e. The van der Waals surface area contributed by atoms with Crippen molar-refractivity contribution in [2.75, 3.05) is 24.5 Å². The van der Waals surface area contributed by atoms with E-state index < -0.39 is 0 Å². The first-order chi connectivity index (χ1) is 6.75. The van der Waals surface area contributed by atoms with Crippen LogP contribution >= 0.6 is 11.6 Å². The van der Waals surface area contributed by atoms with Gasteiger partial charge in [0, 0.05) is 36.4 Å². The summed E-state index contributed by atoms with van der Waals surface area (Å²) < 4.78 is 0. The summed E-state index contributed by atoms with van der Waals surface area (Å²) in [4.78, 5) is 2.37. The molecule has 2 nitrogen and oxygen atoms in total. The number of anilines is 1. The molecular formula is C11H15ClN2.